The number of fused-ring (bicyclic) bond motifs is 1. The number of hydrogen-bond acceptors (Lipinski definition) is 5. The molecule has 4 rings (SSSR count). The number of anilines is 1. The maximum absolute atomic E-state index is 12.5. The second-order valence-electron chi connectivity index (χ2n) is 6.77. The molecule has 2 amide bonds. The zero-order valence-corrected chi connectivity index (χ0v) is 15.5. The molecular formula is C20H22N6O2. The van der Waals surface area contributed by atoms with E-state index in [4.69, 9.17) is 0 Å². The Morgan fingerprint density at radius 3 is 2.68 bits per heavy atom. The molecule has 1 saturated heterocycles. The van der Waals surface area contributed by atoms with Crippen molar-refractivity contribution in [3.63, 3.8) is 0 Å². The van der Waals surface area contributed by atoms with E-state index in [-0.39, 0.29) is 5.91 Å². The second-order valence-corrected chi connectivity index (χ2v) is 6.77. The number of rotatable bonds is 6. The molecule has 28 heavy (non-hydrogen) atoms. The van der Waals surface area contributed by atoms with Gasteiger partial charge in [-0.2, -0.15) is 0 Å². The van der Waals surface area contributed by atoms with E-state index in [9.17, 15) is 9.59 Å². The number of para-hydroxylation sites is 1. The SMILES string of the molecule is O=CN1CCN(C(=O)c2ccc(NCCc3c[nH]c4ccccc34)nn2)CC1. The van der Waals surface area contributed by atoms with Gasteiger partial charge in [0.05, 0.1) is 0 Å². The van der Waals surface area contributed by atoms with Gasteiger partial charge in [0, 0.05) is 49.8 Å². The van der Waals surface area contributed by atoms with Crippen molar-refractivity contribution in [1.29, 1.82) is 0 Å². The fourth-order valence-electron chi connectivity index (χ4n) is 3.40. The average Bonchev–Trinajstić information content (AvgIpc) is 3.17. The number of H-pyrrole nitrogens is 1. The number of benzene rings is 1. The molecule has 1 aliphatic heterocycles. The van der Waals surface area contributed by atoms with E-state index in [1.807, 2.05) is 18.3 Å². The highest BCUT2D eigenvalue weighted by Gasteiger charge is 2.22. The Balaban J connectivity index is 1.31. The van der Waals surface area contributed by atoms with E-state index < -0.39 is 0 Å². The number of hydrogen-bond donors (Lipinski definition) is 2. The number of amides is 2. The van der Waals surface area contributed by atoms with Crippen LogP contribution in [0.5, 0.6) is 0 Å². The molecule has 144 valence electrons. The van der Waals surface area contributed by atoms with Crippen LogP contribution >= 0.6 is 0 Å². The fourth-order valence-corrected chi connectivity index (χ4v) is 3.40. The molecule has 0 radical (unpaired) electrons. The van der Waals surface area contributed by atoms with Crippen LogP contribution in [0, 0.1) is 0 Å². The zero-order chi connectivity index (χ0) is 19.3. The predicted octanol–water partition coefficient (Wildman–Crippen LogP) is 1.53. The molecule has 3 heterocycles. The number of carbonyl (C=O) groups is 2. The summed E-state index contributed by atoms with van der Waals surface area (Å²) in [6, 6.07) is 11.7. The van der Waals surface area contributed by atoms with E-state index in [2.05, 4.69) is 32.6 Å². The van der Waals surface area contributed by atoms with E-state index in [1.54, 1.807) is 21.9 Å². The van der Waals surface area contributed by atoms with Gasteiger partial charge in [-0.05, 0) is 30.2 Å². The first-order chi connectivity index (χ1) is 13.7. The summed E-state index contributed by atoms with van der Waals surface area (Å²) in [7, 11) is 0. The van der Waals surface area contributed by atoms with Crippen LogP contribution in [-0.4, -0.2) is 70.0 Å². The minimum absolute atomic E-state index is 0.150. The van der Waals surface area contributed by atoms with Crippen LogP contribution in [0.2, 0.25) is 0 Å². The molecule has 0 aliphatic carbocycles. The molecule has 0 atom stereocenters. The smallest absolute Gasteiger partial charge is 0.274 e. The number of carbonyl (C=O) groups excluding carboxylic acids is 2. The number of nitrogens with one attached hydrogen (secondary N) is 2. The minimum Gasteiger partial charge on any atom is -0.368 e. The normalized spacial score (nSPS) is 14.3. The standard InChI is InChI=1S/C20H22N6O2/c27-14-25-9-11-26(12-10-25)20(28)18-5-6-19(24-23-18)21-8-7-15-13-22-17-4-2-1-3-16(15)17/h1-6,13-14,22H,7-12H2,(H,21,24). The molecule has 1 aliphatic rings. The van der Waals surface area contributed by atoms with Crippen LogP contribution in [0.25, 0.3) is 10.9 Å². The number of aromatic nitrogens is 3. The van der Waals surface area contributed by atoms with Gasteiger partial charge in [0.25, 0.3) is 5.91 Å². The molecule has 0 saturated carbocycles. The van der Waals surface area contributed by atoms with Gasteiger partial charge < -0.3 is 20.1 Å². The first kappa shape index (κ1) is 18.0. The first-order valence-electron chi connectivity index (χ1n) is 9.36. The Morgan fingerprint density at radius 1 is 1.11 bits per heavy atom. The largest absolute Gasteiger partial charge is 0.368 e. The van der Waals surface area contributed by atoms with Crippen LogP contribution in [0.3, 0.4) is 0 Å². The lowest BCUT2D eigenvalue weighted by Crippen LogP contribution is -2.48. The van der Waals surface area contributed by atoms with E-state index in [0.29, 0.717) is 37.7 Å². The molecule has 3 aromatic rings. The Kier molecular flexibility index (Phi) is 5.18. The monoisotopic (exact) mass is 378 g/mol. The molecule has 0 spiro atoms. The third-order valence-corrected chi connectivity index (χ3v) is 5.01. The predicted molar refractivity (Wildman–Crippen MR) is 106 cm³/mol. The van der Waals surface area contributed by atoms with Gasteiger partial charge >= 0.3 is 0 Å². The third-order valence-electron chi connectivity index (χ3n) is 5.01. The van der Waals surface area contributed by atoms with Crippen molar-refractivity contribution >= 4 is 29.0 Å². The highest BCUT2D eigenvalue weighted by Crippen LogP contribution is 2.18. The molecule has 0 unspecified atom stereocenters. The molecule has 8 heteroatoms. The molecule has 2 N–H and O–H groups in total. The lowest BCUT2D eigenvalue weighted by atomic mass is 10.1. The molecule has 1 fully saturated rings. The van der Waals surface area contributed by atoms with Crippen molar-refractivity contribution < 1.29 is 9.59 Å². The Morgan fingerprint density at radius 2 is 1.93 bits per heavy atom. The average molecular weight is 378 g/mol. The van der Waals surface area contributed by atoms with Gasteiger partial charge in [-0.25, -0.2) is 0 Å². The maximum Gasteiger partial charge on any atom is 0.274 e. The van der Waals surface area contributed by atoms with Crippen molar-refractivity contribution in [2.75, 3.05) is 38.0 Å². The van der Waals surface area contributed by atoms with Crippen molar-refractivity contribution in [2.45, 2.75) is 6.42 Å². The quantitative estimate of drug-likeness (QED) is 0.635. The zero-order valence-electron chi connectivity index (χ0n) is 15.5. The van der Waals surface area contributed by atoms with Crippen molar-refractivity contribution in [1.82, 2.24) is 25.0 Å². The topological polar surface area (TPSA) is 94.2 Å². The number of nitrogens with zero attached hydrogens (tertiary/aromatic N) is 4. The fraction of sp³-hybridized carbons (Fsp3) is 0.300. The van der Waals surface area contributed by atoms with Gasteiger partial charge in [-0.15, -0.1) is 10.2 Å². The lowest BCUT2D eigenvalue weighted by Gasteiger charge is -2.32. The molecular weight excluding hydrogens is 356 g/mol. The summed E-state index contributed by atoms with van der Waals surface area (Å²) < 4.78 is 0. The lowest BCUT2D eigenvalue weighted by molar-refractivity contribution is -0.119. The van der Waals surface area contributed by atoms with E-state index in [1.165, 1.54) is 10.9 Å². The minimum atomic E-state index is -0.150. The van der Waals surface area contributed by atoms with Crippen LogP contribution in [-0.2, 0) is 11.2 Å². The third kappa shape index (κ3) is 3.80. The van der Waals surface area contributed by atoms with E-state index >= 15 is 0 Å². The second kappa shape index (κ2) is 8.08. The molecule has 1 aromatic carbocycles. The van der Waals surface area contributed by atoms with E-state index in [0.717, 1.165) is 24.9 Å². The first-order valence-corrected chi connectivity index (χ1v) is 9.36. The Hall–Kier alpha value is -3.42. The van der Waals surface area contributed by atoms with Crippen molar-refractivity contribution in [2.24, 2.45) is 0 Å². The summed E-state index contributed by atoms with van der Waals surface area (Å²) in [4.78, 5) is 29.9. The molecule has 8 nitrogen and oxygen atoms in total. The summed E-state index contributed by atoms with van der Waals surface area (Å²) in [6.45, 7) is 2.86. The molecule has 2 aromatic heterocycles. The highest BCUT2D eigenvalue weighted by atomic mass is 16.2. The Labute approximate surface area is 162 Å². The van der Waals surface area contributed by atoms with Crippen molar-refractivity contribution in [3.8, 4) is 0 Å². The number of piperazine rings is 1. The summed E-state index contributed by atoms with van der Waals surface area (Å²) in [6.07, 6.45) is 3.70. The summed E-state index contributed by atoms with van der Waals surface area (Å²) in [5.74, 6) is 0.491. The van der Waals surface area contributed by atoms with Gasteiger partial charge in [0.2, 0.25) is 6.41 Å². The highest BCUT2D eigenvalue weighted by molar-refractivity contribution is 5.92. The van der Waals surface area contributed by atoms with Gasteiger partial charge in [-0.3, -0.25) is 9.59 Å². The van der Waals surface area contributed by atoms with Crippen LogP contribution in [0.15, 0.2) is 42.6 Å². The Bertz CT molecular complexity index is 960. The maximum atomic E-state index is 12.5. The summed E-state index contributed by atoms with van der Waals surface area (Å²) >= 11 is 0. The van der Waals surface area contributed by atoms with Crippen LogP contribution < -0.4 is 5.32 Å². The van der Waals surface area contributed by atoms with Crippen LogP contribution in [0.1, 0.15) is 16.1 Å². The molecule has 0 bridgehead atoms. The van der Waals surface area contributed by atoms with Gasteiger partial charge in [0.1, 0.15) is 5.82 Å². The summed E-state index contributed by atoms with van der Waals surface area (Å²) in [5.41, 5.74) is 2.70. The number of aromatic amines is 1. The van der Waals surface area contributed by atoms with Crippen molar-refractivity contribution in [3.05, 3.63) is 53.9 Å². The van der Waals surface area contributed by atoms with Gasteiger partial charge in [-0.1, -0.05) is 18.2 Å². The van der Waals surface area contributed by atoms with Crippen LogP contribution in [0.4, 0.5) is 5.82 Å². The van der Waals surface area contributed by atoms with Gasteiger partial charge in [0.15, 0.2) is 5.69 Å². The summed E-state index contributed by atoms with van der Waals surface area (Å²) in [5, 5.41) is 12.7.